The maximum absolute atomic E-state index is 12.1. The van der Waals surface area contributed by atoms with Crippen molar-refractivity contribution < 1.29 is 9.53 Å². The number of ether oxygens (including phenoxy) is 1. The summed E-state index contributed by atoms with van der Waals surface area (Å²) in [6, 6.07) is 9.88. The van der Waals surface area contributed by atoms with E-state index in [0.717, 1.165) is 33.5 Å². The van der Waals surface area contributed by atoms with Gasteiger partial charge in [0.25, 0.3) is 0 Å². The van der Waals surface area contributed by atoms with Crippen LogP contribution in [0.15, 0.2) is 42.7 Å². The van der Waals surface area contributed by atoms with Crippen molar-refractivity contribution in [2.75, 3.05) is 13.2 Å². The summed E-state index contributed by atoms with van der Waals surface area (Å²) in [6.45, 7) is 4.97. The van der Waals surface area contributed by atoms with Crippen molar-refractivity contribution >= 4 is 16.9 Å². The van der Waals surface area contributed by atoms with Crippen LogP contribution in [-0.4, -0.2) is 29.0 Å². The van der Waals surface area contributed by atoms with Crippen molar-refractivity contribution in [1.29, 1.82) is 0 Å². The second-order valence-corrected chi connectivity index (χ2v) is 5.81. The van der Waals surface area contributed by atoms with Crippen LogP contribution in [0.5, 0.6) is 5.75 Å². The summed E-state index contributed by atoms with van der Waals surface area (Å²) in [5.41, 5.74) is 3.96. The van der Waals surface area contributed by atoms with Crippen molar-refractivity contribution in [3.05, 3.63) is 59.4 Å². The number of hydrogen-bond donors (Lipinski definition) is 2. The maximum Gasteiger partial charge on any atom is 0.224 e. The SMILES string of the molecule is Cc1cccc(C)c1OCCNC(=O)Cc1c[nH]c2ncccc12. The lowest BCUT2D eigenvalue weighted by molar-refractivity contribution is -0.120. The number of hydrogen-bond acceptors (Lipinski definition) is 3. The molecule has 5 nitrogen and oxygen atoms in total. The second kappa shape index (κ2) is 7.17. The summed E-state index contributed by atoms with van der Waals surface area (Å²) in [4.78, 5) is 19.4. The van der Waals surface area contributed by atoms with E-state index >= 15 is 0 Å². The molecule has 124 valence electrons. The van der Waals surface area contributed by atoms with E-state index in [4.69, 9.17) is 4.74 Å². The molecule has 0 saturated carbocycles. The van der Waals surface area contributed by atoms with Gasteiger partial charge in [-0.3, -0.25) is 4.79 Å². The molecule has 5 heteroatoms. The third kappa shape index (κ3) is 3.56. The van der Waals surface area contributed by atoms with Crippen LogP contribution in [0.3, 0.4) is 0 Å². The number of aromatic amines is 1. The number of carbonyl (C=O) groups excluding carboxylic acids is 1. The predicted molar refractivity (Wildman–Crippen MR) is 94.2 cm³/mol. The molecule has 2 aromatic heterocycles. The number of aromatic nitrogens is 2. The quantitative estimate of drug-likeness (QED) is 0.685. The Morgan fingerprint density at radius 3 is 2.79 bits per heavy atom. The summed E-state index contributed by atoms with van der Waals surface area (Å²) in [5.74, 6) is 0.874. The van der Waals surface area contributed by atoms with Crippen molar-refractivity contribution in [2.45, 2.75) is 20.3 Å². The van der Waals surface area contributed by atoms with Gasteiger partial charge in [0.1, 0.15) is 18.0 Å². The largest absolute Gasteiger partial charge is 0.491 e. The van der Waals surface area contributed by atoms with Crippen molar-refractivity contribution in [3.8, 4) is 5.75 Å². The first kappa shape index (κ1) is 16.1. The van der Waals surface area contributed by atoms with Gasteiger partial charge in [-0.15, -0.1) is 0 Å². The molecule has 1 amide bonds. The van der Waals surface area contributed by atoms with E-state index in [2.05, 4.69) is 15.3 Å². The van der Waals surface area contributed by atoms with Crippen LogP contribution in [0, 0.1) is 13.8 Å². The van der Waals surface area contributed by atoms with Crippen LogP contribution in [0.25, 0.3) is 11.0 Å². The van der Waals surface area contributed by atoms with E-state index in [1.54, 1.807) is 6.20 Å². The lowest BCUT2D eigenvalue weighted by atomic mass is 10.1. The van der Waals surface area contributed by atoms with Crippen molar-refractivity contribution in [1.82, 2.24) is 15.3 Å². The summed E-state index contributed by atoms with van der Waals surface area (Å²) in [5, 5.41) is 3.88. The number of carbonyl (C=O) groups is 1. The van der Waals surface area contributed by atoms with Crippen LogP contribution in [0.4, 0.5) is 0 Å². The van der Waals surface area contributed by atoms with Gasteiger partial charge in [0, 0.05) is 17.8 Å². The molecule has 1 aromatic carbocycles. The highest BCUT2D eigenvalue weighted by Crippen LogP contribution is 2.22. The third-order valence-electron chi connectivity index (χ3n) is 3.97. The lowest BCUT2D eigenvalue weighted by Crippen LogP contribution is -2.29. The van der Waals surface area contributed by atoms with Crippen LogP contribution in [-0.2, 0) is 11.2 Å². The Morgan fingerprint density at radius 1 is 1.21 bits per heavy atom. The third-order valence-corrected chi connectivity index (χ3v) is 3.97. The summed E-state index contributed by atoms with van der Waals surface area (Å²) >= 11 is 0. The molecule has 2 heterocycles. The lowest BCUT2D eigenvalue weighted by Gasteiger charge is -2.12. The zero-order chi connectivity index (χ0) is 16.9. The average molecular weight is 323 g/mol. The van der Waals surface area contributed by atoms with Crippen LogP contribution >= 0.6 is 0 Å². The molecule has 3 rings (SSSR count). The molecular formula is C19H21N3O2. The van der Waals surface area contributed by atoms with E-state index in [9.17, 15) is 4.79 Å². The molecular weight excluding hydrogens is 302 g/mol. The predicted octanol–water partition coefficient (Wildman–Crippen LogP) is 2.92. The van der Waals surface area contributed by atoms with Gasteiger partial charge in [-0.25, -0.2) is 4.98 Å². The Hall–Kier alpha value is -2.82. The Morgan fingerprint density at radius 2 is 2.00 bits per heavy atom. The van der Waals surface area contributed by atoms with Crippen LogP contribution < -0.4 is 10.1 Å². The van der Waals surface area contributed by atoms with Gasteiger partial charge in [0.2, 0.25) is 5.91 Å². The zero-order valence-corrected chi connectivity index (χ0v) is 13.9. The fourth-order valence-corrected chi connectivity index (χ4v) is 2.76. The minimum absolute atomic E-state index is 0.0233. The first-order valence-corrected chi connectivity index (χ1v) is 8.02. The molecule has 0 unspecified atom stereocenters. The summed E-state index contributed by atoms with van der Waals surface area (Å²) in [7, 11) is 0. The number of pyridine rings is 1. The molecule has 0 spiro atoms. The minimum Gasteiger partial charge on any atom is -0.491 e. The van der Waals surface area contributed by atoms with Gasteiger partial charge in [0.15, 0.2) is 0 Å². The number of aryl methyl sites for hydroxylation is 2. The smallest absolute Gasteiger partial charge is 0.224 e. The number of nitrogens with zero attached hydrogens (tertiary/aromatic N) is 1. The van der Waals surface area contributed by atoms with Gasteiger partial charge in [0.05, 0.1) is 13.0 Å². The highest BCUT2D eigenvalue weighted by atomic mass is 16.5. The van der Waals surface area contributed by atoms with Gasteiger partial charge in [-0.2, -0.15) is 0 Å². The Bertz CT molecular complexity index is 834. The zero-order valence-electron chi connectivity index (χ0n) is 13.9. The monoisotopic (exact) mass is 323 g/mol. The number of para-hydroxylation sites is 1. The number of benzene rings is 1. The maximum atomic E-state index is 12.1. The number of nitrogens with one attached hydrogen (secondary N) is 2. The van der Waals surface area contributed by atoms with Gasteiger partial charge in [-0.05, 0) is 42.7 Å². The van der Waals surface area contributed by atoms with Crippen molar-refractivity contribution in [2.24, 2.45) is 0 Å². The topological polar surface area (TPSA) is 67.0 Å². The van der Waals surface area contributed by atoms with Crippen LogP contribution in [0.1, 0.15) is 16.7 Å². The van der Waals surface area contributed by atoms with Gasteiger partial charge >= 0.3 is 0 Å². The fourth-order valence-electron chi connectivity index (χ4n) is 2.76. The van der Waals surface area contributed by atoms with E-state index in [1.165, 1.54) is 0 Å². The molecule has 0 aliphatic heterocycles. The van der Waals surface area contributed by atoms with Crippen LogP contribution in [0.2, 0.25) is 0 Å². The molecule has 0 aliphatic carbocycles. The number of amides is 1. The first-order valence-electron chi connectivity index (χ1n) is 8.02. The normalized spacial score (nSPS) is 10.8. The fraction of sp³-hybridized carbons (Fsp3) is 0.263. The Kier molecular flexibility index (Phi) is 4.79. The van der Waals surface area contributed by atoms with Gasteiger partial charge < -0.3 is 15.0 Å². The average Bonchev–Trinajstić information content (AvgIpc) is 2.97. The molecule has 0 atom stereocenters. The number of H-pyrrole nitrogens is 1. The van der Waals surface area contributed by atoms with E-state index in [-0.39, 0.29) is 5.91 Å². The molecule has 0 aliphatic rings. The summed E-state index contributed by atoms with van der Waals surface area (Å²) < 4.78 is 5.79. The molecule has 2 N–H and O–H groups in total. The molecule has 0 fully saturated rings. The summed E-state index contributed by atoms with van der Waals surface area (Å²) in [6.07, 6.45) is 3.90. The van der Waals surface area contributed by atoms with E-state index in [0.29, 0.717) is 19.6 Å². The molecule has 0 saturated heterocycles. The Labute approximate surface area is 141 Å². The molecule has 0 radical (unpaired) electrons. The molecule has 3 aromatic rings. The Balaban J connectivity index is 1.49. The molecule has 24 heavy (non-hydrogen) atoms. The van der Waals surface area contributed by atoms with Gasteiger partial charge in [-0.1, -0.05) is 18.2 Å². The first-order chi connectivity index (χ1) is 11.6. The minimum atomic E-state index is -0.0233. The van der Waals surface area contributed by atoms with Crippen molar-refractivity contribution in [3.63, 3.8) is 0 Å². The standard InChI is InChI=1S/C19H21N3O2/c1-13-5-3-6-14(2)18(13)24-10-9-20-17(23)11-15-12-22-19-16(15)7-4-8-21-19/h3-8,12H,9-11H2,1-2H3,(H,20,23)(H,21,22). The number of fused-ring (bicyclic) bond motifs is 1. The number of rotatable bonds is 6. The molecule has 0 bridgehead atoms. The van der Waals surface area contributed by atoms with E-state index in [1.807, 2.05) is 50.4 Å². The second-order valence-electron chi connectivity index (χ2n) is 5.81. The van der Waals surface area contributed by atoms with E-state index < -0.39 is 0 Å². The highest BCUT2D eigenvalue weighted by Gasteiger charge is 2.09. The highest BCUT2D eigenvalue weighted by molar-refractivity contribution is 5.87.